The molecule has 0 radical (unpaired) electrons. The van der Waals surface area contributed by atoms with Crippen molar-refractivity contribution in [3.8, 4) is 5.75 Å². The second kappa shape index (κ2) is 8.90. The zero-order chi connectivity index (χ0) is 19.6. The number of benzene rings is 2. The number of hydrogen-bond donors (Lipinski definition) is 3. The standard InChI is InChI=1S/C23H24N4O2.ClH/c28-23(22-18-14-24-11-10-19(18)26-27-22)25-21(15-5-2-1-3-6-15)17-8-9-20-16(13-17)7-4-12-29-20;/h1-3,5-6,8-9,13,21,24H,4,7,10-12,14H2,(H,25,28)(H,26,27);1H. The lowest BCUT2D eigenvalue weighted by molar-refractivity contribution is 0.0936. The number of hydrogen-bond acceptors (Lipinski definition) is 4. The Morgan fingerprint density at radius 2 is 1.97 bits per heavy atom. The minimum Gasteiger partial charge on any atom is -0.493 e. The second-order valence-electron chi connectivity index (χ2n) is 7.59. The molecule has 0 saturated carbocycles. The summed E-state index contributed by atoms with van der Waals surface area (Å²) in [5, 5.41) is 13.9. The van der Waals surface area contributed by atoms with Crippen LogP contribution < -0.4 is 15.4 Å². The van der Waals surface area contributed by atoms with Gasteiger partial charge in [0.2, 0.25) is 0 Å². The van der Waals surface area contributed by atoms with Crippen LogP contribution in [-0.4, -0.2) is 29.3 Å². The molecule has 0 spiro atoms. The van der Waals surface area contributed by atoms with Crippen LogP contribution in [0.1, 0.15) is 50.9 Å². The lowest BCUT2D eigenvalue weighted by Gasteiger charge is -2.23. The van der Waals surface area contributed by atoms with E-state index in [1.165, 1.54) is 5.56 Å². The van der Waals surface area contributed by atoms with Gasteiger partial charge in [0.15, 0.2) is 5.69 Å². The van der Waals surface area contributed by atoms with Crippen molar-refractivity contribution in [3.63, 3.8) is 0 Å². The van der Waals surface area contributed by atoms with Crippen LogP contribution in [0.25, 0.3) is 0 Å². The van der Waals surface area contributed by atoms with Crippen LogP contribution >= 0.6 is 12.4 Å². The molecule has 2 aliphatic rings. The Bertz CT molecular complexity index is 1030. The molecule has 1 unspecified atom stereocenters. The Balaban J connectivity index is 0.00000218. The summed E-state index contributed by atoms with van der Waals surface area (Å²) in [7, 11) is 0. The van der Waals surface area contributed by atoms with Crippen molar-refractivity contribution < 1.29 is 9.53 Å². The second-order valence-corrected chi connectivity index (χ2v) is 7.59. The maximum absolute atomic E-state index is 13.2. The van der Waals surface area contributed by atoms with Crippen molar-refractivity contribution in [1.29, 1.82) is 0 Å². The van der Waals surface area contributed by atoms with Crippen LogP contribution in [0.4, 0.5) is 0 Å². The number of nitrogens with one attached hydrogen (secondary N) is 3. The minimum atomic E-state index is -0.250. The van der Waals surface area contributed by atoms with Crippen molar-refractivity contribution in [3.05, 3.63) is 82.2 Å². The fourth-order valence-corrected chi connectivity index (χ4v) is 4.18. The van der Waals surface area contributed by atoms with Gasteiger partial charge in [0.05, 0.1) is 12.6 Å². The first kappa shape index (κ1) is 20.4. The normalized spacial score (nSPS) is 15.7. The van der Waals surface area contributed by atoms with Gasteiger partial charge in [0, 0.05) is 30.8 Å². The van der Waals surface area contributed by atoms with Crippen molar-refractivity contribution in [2.75, 3.05) is 13.2 Å². The number of carbonyl (C=O) groups excluding carboxylic acids is 1. The number of aryl methyl sites for hydroxylation is 1. The van der Waals surface area contributed by atoms with E-state index in [1.54, 1.807) is 0 Å². The lowest BCUT2D eigenvalue weighted by Crippen LogP contribution is -2.32. The summed E-state index contributed by atoms with van der Waals surface area (Å²) in [6.45, 7) is 2.34. The molecule has 7 heteroatoms. The van der Waals surface area contributed by atoms with Crippen LogP contribution in [-0.2, 0) is 19.4 Å². The number of halogens is 1. The van der Waals surface area contributed by atoms with Crippen molar-refractivity contribution in [1.82, 2.24) is 20.8 Å². The average Bonchev–Trinajstić information content (AvgIpc) is 3.22. The van der Waals surface area contributed by atoms with E-state index in [9.17, 15) is 4.79 Å². The average molecular weight is 425 g/mol. The van der Waals surface area contributed by atoms with Gasteiger partial charge < -0.3 is 15.4 Å². The van der Waals surface area contributed by atoms with Gasteiger partial charge in [-0.3, -0.25) is 9.89 Å². The van der Waals surface area contributed by atoms with Gasteiger partial charge in [-0.05, 0) is 41.7 Å². The Labute approximate surface area is 181 Å². The maximum atomic E-state index is 13.2. The Morgan fingerprint density at radius 3 is 2.83 bits per heavy atom. The van der Waals surface area contributed by atoms with E-state index in [0.717, 1.165) is 60.5 Å². The highest BCUT2D eigenvalue weighted by atomic mass is 35.5. The topological polar surface area (TPSA) is 79.0 Å². The molecule has 0 bridgehead atoms. The van der Waals surface area contributed by atoms with Crippen molar-refractivity contribution >= 4 is 18.3 Å². The van der Waals surface area contributed by atoms with Gasteiger partial charge in [-0.25, -0.2) is 0 Å². The van der Waals surface area contributed by atoms with Crippen LogP contribution in [0.3, 0.4) is 0 Å². The van der Waals surface area contributed by atoms with Crippen LogP contribution in [0.15, 0.2) is 48.5 Å². The highest BCUT2D eigenvalue weighted by Gasteiger charge is 2.25. The predicted octanol–water partition coefficient (Wildman–Crippen LogP) is 3.32. The molecule has 3 aromatic rings. The van der Waals surface area contributed by atoms with E-state index in [-0.39, 0.29) is 24.4 Å². The van der Waals surface area contributed by atoms with Gasteiger partial charge >= 0.3 is 0 Å². The van der Waals surface area contributed by atoms with Gasteiger partial charge in [-0.15, -0.1) is 12.4 Å². The van der Waals surface area contributed by atoms with Crippen molar-refractivity contribution in [2.45, 2.75) is 31.8 Å². The number of nitrogens with zero attached hydrogens (tertiary/aromatic N) is 1. The smallest absolute Gasteiger partial charge is 0.272 e. The summed E-state index contributed by atoms with van der Waals surface area (Å²) in [5.41, 5.74) is 5.80. The molecule has 1 atom stereocenters. The largest absolute Gasteiger partial charge is 0.493 e. The van der Waals surface area contributed by atoms with Crippen LogP contribution in [0, 0.1) is 0 Å². The summed E-state index contributed by atoms with van der Waals surface area (Å²) in [6.07, 6.45) is 2.88. The molecule has 5 rings (SSSR count). The molecule has 1 amide bonds. The first-order valence-electron chi connectivity index (χ1n) is 10.2. The van der Waals surface area contributed by atoms with Crippen LogP contribution in [0.2, 0.25) is 0 Å². The first-order valence-corrected chi connectivity index (χ1v) is 10.2. The van der Waals surface area contributed by atoms with E-state index in [1.807, 2.05) is 42.5 Å². The number of aromatic amines is 1. The highest BCUT2D eigenvalue weighted by molar-refractivity contribution is 5.94. The summed E-state index contributed by atoms with van der Waals surface area (Å²) < 4.78 is 5.76. The molecular weight excluding hydrogens is 400 g/mol. The third-order valence-corrected chi connectivity index (χ3v) is 5.70. The van der Waals surface area contributed by atoms with Gasteiger partial charge in [0.25, 0.3) is 5.91 Å². The zero-order valence-corrected chi connectivity index (χ0v) is 17.4. The molecule has 2 aromatic carbocycles. The summed E-state index contributed by atoms with van der Waals surface area (Å²) >= 11 is 0. The fourth-order valence-electron chi connectivity index (χ4n) is 4.18. The molecule has 0 aliphatic carbocycles. The molecule has 30 heavy (non-hydrogen) atoms. The molecule has 0 fully saturated rings. The third-order valence-electron chi connectivity index (χ3n) is 5.70. The van der Waals surface area contributed by atoms with E-state index in [2.05, 4.69) is 26.9 Å². The molecule has 3 N–H and O–H groups in total. The quantitative estimate of drug-likeness (QED) is 0.600. The Hall–Kier alpha value is -2.83. The van der Waals surface area contributed by atoms with E-state index in [4.69, 9.17) is 4.74 Å². The predicted molar refractivity (Wildman–Crippen MR) is 117 cm³/mol. The number of fused-ring (bicyclic) bond motifs is 2. The van der Waals surface area contributed by atoms with Crippen molar-refractivity contribution in [2.24, 2.45) is 0 Å². The molecule has 6 nitrogen and oxygen atoms in total. The zero-order valence-electron chi connectivity index (χ0n) is 16.6. The van der Waals surface area contributed by atoms with Gasteiger partial charge in [0.1, 0.15) is 5.75 Å². The van der Waals surface area contributed by atoms with Gasteiger partial charge in [-0.2, -0.15) is 5.10 Å². The molecule has 1 aromatic heterocycles. The Morgan fingerprint density at radius 1 is 1.10 bits per heavy atom. The monoisotopic (exact) mass is 424 g/mol. The number of rotatable bonds is 4. The number of ether oxygens (including phenoxy) is 1. The number of amides is 1. The first-order chi connectivity index (χ1) is 14.3. The summed E-state index contributed by atoms with van der Waals surface area (Å²) in [4.78, 5) is 13.2. The molecule has 3 heterocycles. The molecule has 2 aliphatic heterocycles. The number of carbonyl (C=O) groups is 1. The summed E-state index contributed by atoms with van der Waals surface area (Å²) in [6, 6.07) is 16.0. The third kappa shape index (κ3) is 3.93. The van der Waals surface area contributed by atoms with E-state index < -0.39 is 0 Å². The van der Waals surface area contributed by atoms with E-state index in [0.29, 0.717) is 12.2 Å². The number of aromatic nitrogens is 2. The minimum absolute atomic E-state index is 0. The SMILES string of the molecule is Cl.O=C(NC(c1ccccc1)c1ccc2c(c1)CCCO2)c1n[nH]c2c1CNCC2. The Kier molecular flexibility index (Phi) is 6.06. The fraction of sp³-hybridized carbons (Fsp3) is 0.304. The molecule has 0 saturated heterocycles. The number of H-pyrrole nitrogens is 1. The van der Waals surface area contributed by atoms with Crippen LogP contribution in [0.5, 0.6) is 5.75 Å². The lowest BCUT2D eigenvalue weighted by atomic mass is 9.94. The highest BCUT2D eigenvalue weighted by Crippen LogP contribution is 2.30. The molecule has 156 valence electrons. The molecular formula is C23H25ClN4O2. The summed E-state index contributed by atoms with van der Waals surface area (Å²) in [5.74, 6) is 0.791. The van der Waals surface area contributed by atoms with E-state index >= 15 is 0 Å². The van der Waals surface area contributed by atoms with Gasteiger partial charge in [-0.1, -0.05) is 36.4 Å². The maximum Gasteiger partial charge on any atom is 0.272 e.